The van der Waals surface area contributed by atoms with Crippen molar-refractivity contribution in [3.63, 3.8) is 0 Å². The Morgan fingerprint density at radius 1 is 1.29 bits per heavy atom. The van der Waals surface area contributed by atoms with Crippen LogP contribution < -0.4 is 5.32 Å². The van der Waals surface area contributed by atoms with Crippen LogP contribution in [-0.2, 0) is 6.54 Å². The maximum atomic E-state index is 9.18. The monoisotopic (exact) mass is 292 g/mol. The molecule has 17 heavy (non-hydrogen) atoms. The Kier molecular flexibility index (Phi) is 3.64. The van der Waals surface area contributed by atoms with Gasteiger partial charge in [-0.15, -0.1) is 0 Å². The van der Waals surface area contributed by atoms with Crippen LogP contribution in [0.5, 0.6) is 5.75 Å². The average molecular weight is 293 g/mol. The van der Waals surface area contributed by atoms with Crippen molar-refractivity contribution in [3.05, 3.63) is 52.1 Å². The van der Waals surface area contributed by atoms with Gasteiger partial charge in [0.05, 0.1) is 0 Å². The summed E-state index contributed by atoms with van der Waals surface area (Å²) in [6.07, 6.45) is 1.77. The van der Waals surface area contributed by atoms with E-state index in [1.54, 1.807) is 18.3 Å². The zero-order valence-corrected chi connectivity index (χ0v) is 11.0. The lowest BCUT2D eigenvalue weighted by Gasteiger charge is -2.08. The summed E-state index contributed by atoms with van der Waals surface area (Å²) in [6.45, 7) is 2.70. The Balaban J connectivity index is 2.04. The Morgan fingerprint density at radius 2 is 2.00 bits per heavy atom. The molecule has 1 aromatic carbocycles. The maximum Gasteiger partial charge on any atom is 0.129 e. The lowest BCUT2D eigenvalue weighted by atomic mass is 10.2. The summed E-state index contributed by atoms with van der Waals surface area (Å²) in [5.74, 6) is 1.16. The minimum atomic E-state index is 0.284. The van der Waals surface area contributed by atoms with Gasteiger partial charge in [-0.1, -0.05) is 12.1 Å². The second-order valence-electron chi connectivity index (χ2n) is 3.84. The SMILES string of the molecule is Cc1cc(Br)cnc1NCc1ccc(O)cc1. The molecule has 0 spiro atoms. The normalized spacial score (nSPS) is 10.2. The summed E-state index contributed by atoms with van der Waals surface area (Å²) in [5.41, 5.74) is 2.20. The highest BCUT2D eigenvalue weighted by atomic mass is 79.9. The smallest absolute Gasteiger partial charge is 0.129 e. The van der Waals surface area contributed by atoms with Gasteiger partial charge >= 0.3 is 0 Å². The molecular weight excluding hydrogens is 280 g/mol. The van der Waals surface area contributed by atoms with E-state index < -0.39 is 0 Å². The standard InChI is InChI=1S/C13H13BrN2O/c1-9-6-11(14)8-16-13(9)15-7-10-2-4-12(17)5-3-10/h2-6,8,17H,7H2,1H3,(H,15,16). The number of anilines is 1. The van der Waals surface area contributed by atoms with Crippen LogP contribution in [0.3, 0.4) is 0 Å². The van der Waals surface area contributed by atoms with Gasteiger partial charge in [0.1, 0.15) is 11.6 Å². The lowest BCUT2D eigenvalue weighted by molar-refractivity contribution is 0.475. The van der Waals surface area contributed by atoms with E-state index in [0.29, 0.717) is 6.54 Å². The van der Waals surface area contributed by atoms with Crippen LogP contribution in [0, 0.1) is 6.92 Å². The maximum absolute atomic E-state index is 9.18. The van der Waals surface area contributed by atoms with E-state index in [1.165, 1.54) is 0 Å². The molecule has 0 unspecified atom stereocenters. The first-order valence-electron chi connectivity index (χ1n) is 5.29. The van der Waals surface area contributed by atoms with Crippen molar-refractivity contribution < 1.29 is 5.11 Å². The quantitative estimate of drug-likeness (QED) is 0.910. The molecule has 2 rings (SSSR count). The van der Waals surface area contributed by atoms with Gasteiger partial charge in [-0.3, -0.25) is 0 Å². The molecule has 88 valence electrons. The van der Waals surface area contributed by atoms with Crippen LogP contribution in [-0.4, -0.2) is 10.1 Å². The van der Waals surface area contributed by atoms with E-state index in [2.05, 4.69) is 26.2 Å². The van der Waals surface area contributed by atoms with Crippen LogP contribution in [0.4, 0.5) is 5.82 Å². The van der Waals surface area contributed by atoms with Crippen molar-refractivity contribution in [1.29, 1.82) is 0 Å². The molecule has 0 aliphatic rings. The van der Waals surface area contributed by atoms with Crippen LogP contribution in [0.2, 0.25) is 0 Å². The number of hydrogen-bond donors (Lipinski definition) is 2. The number of phenolic OH excluding ortho intramolecular Hbond substituents is 1. The Morgan fingerprint density at radius 3 is 2.65 bits per heavy atom. The van der Waals surface area contributed by atoms with Gasteiger partial charge in [0.25, 0.3) is 0 Å². The molecule has 0 fully saturated rings. The third-order valence-electron chi connectivity index (χ3n) is 2.44. The largest absolute Gasteiger partial charge is 0.508 e. The molecule has 3 nitrogen and oxygen atoms in total. The minimum absolute atomic E-state index is 0.284. The predicted octanol–water partition coefficient (Wildman–Crippen LogP) is 3.47. The number of pyridine rings is 1. The number of aromatic hydroxyl groups is 1. The summed E-state index contributed by atoms with van der Waals surface area (Å²) in [4.78, 5) is 4.30. The molecular formula is C13H13BrN2O. The Bertz CT molecular complexity index is 511. The number of nitrogens with one attached hydrogen (secondary N) is 1. The van der Waals surface area contributed by atoms with Gasteiger partial charge in [-0.2, -0.15) is 0 Å². The van der Waals surface area contributed by atoms with E-state index in [0.717, 1.165) is 21.4 Å². The fraction of sp³-hybridized carbons (Fsp3) is 0.154. The molecule has 0 aliphatic carbocycles. The summed E-state index contributed by atoms with van der Waals surface area (Å²) in [6, 6.07) is 9.15. The molecule has 1 heterocycles. The van der Waals surface area contributed by atoms with Crippen molar-refractivity contribution in [1.82, 2.24) is 4.98 Å². The van der Waals surface area contributed by atoms with Gasteiger partial charge < -0.3 is 10.4 Å². The van der Waals surface area contributed by atoms with E-state index in [-0.39, 0.29) is 5.75 Å². The van der Waals surface area contributed by atoms with Crippen molar-refractivity contribution in [2.75, 3.05) is 5.32 Å². The van der Waals surface area contributed by atoms with E-state index in [4.69, 9.17) is 0 Å². The molecule has 0 aliphatic heterocycles. The van der Waals surface area contributed by atoms with Crippen molar-refractivity contribution in [2.45, 2.75) is 13.5 Å². The molecule has 0 radical (unpaired) electrons. The average Bonchev–Trinajstić information content (AvgIpc) is 2.30. The third kappa shape index (κ3) is 3.20. The number of aromatic nitrogens is 1. The predicted molar refractivity (Wildman–Crippen MR) is 72.1 cm³/mol. The van der Waals surface area contributed by atoms with Crippen LogP contribution >= 0.6 is 15.9 Å². The number of nitrogens with zero attached hydrogens (tertiary/aromatic N) is 1. The zero-order valence-electron chi connectivity index (χ0n) is 9.44. The van der Waals surface area contributed by atoms with Crippen molar-refractivity contribution >= 4 is 21.7 Å². The second-order valence-corrected chi connectivity index (χ2v) is 4.75. The second kappa shape index (κ2) is 5.19. The number of hydrogen-bond acceptors (Lipinski definition) is 3. The number of benzene rings is 1. The first-order chi connectivity index (χ1) is 8.15. The number of phenols is 1. The topological polar surface area (TPSA) is 45.2 Å². The Labute approximate surface area is 109 Å². The van der Waals surface area contributed by atoms with Gasteiger partial charge in [0.15, 0.2) is 0 Å². The third-order valence-corrected chi connectivity index (χ3v) is 2.87. The summed E-state index contributed by atoms with van der Waals surface area (Å²) in [7, 11) is 0. The highest BCUT2D eigenvalue weighted by molar-refractivity contribution is 9.10. The van der Waals surface area contributed by atoms with Crippen LogP contribution in [0.15, 0.2) is 41.0 Å². The molecule has 4 heteroatoms. The Hall–Kier alpha value is -1.55. The van der Waals surface area contributed by atoms with E-state index >= 15 is 0 Å². The number of aryl methyl sites for hydroxylation is 1. The van der Waals surface area contributed by atoms with Crippen LogP contribution in [0.25, 0.3) is 0 Å². The summed E-state index contributed by atoms with van der Waals surface area (Å²) >= 11 is 3.38. The molecule has 2 N–H and O–H groups in total. The molecule has 0 saturated heterocycles. The first-order valence-corrected chi connectivity index (χ1v) is 6.08. The van der Waals surface area contributed by atoms with Gasteiger partial charge in [0, 0.05) is 17.2 Å². The van der Waals surface area contributed by atoms with Gasteiger partial charge in [-0.25, -0.2) is 4.98 Å². The highest BCUT2D eigenvalue weighted by Crippen LogP contribution is 2.18. The van der Waals surface area contributed by atoms with Gasteiger partial charge in [0.2, 0.25) is 0 Å². The zero-order chi connectivity index (χ0) is 12.3. The first kappa shape index (κ1) is 11.9. The van der Waals surface area contributed by atoms with Gasteiger partial charge in [-0.05, 0) is 52.2 Å². The molecule has 2 aromatic rings. The molecule has 1 aromatic heterocycles. The lowest BCUT2D eigenvalue weighted by Crippen LogP contribution is -2.02. The fourth-order valence-corrected chi connectivity index (χ4v) is 1.97. The minimum Gasteiger partial charge on any atom is -0.508 e. The number of rotatable bonds is 3. The van der Waals surface area contributed by atoms with Crippen LogP contribution in [0.1, 0.15) is 11.1 Å². The van der Waals surface area contributed by atoms with Crippen molar-refractivity contribution in [2.24, 2.45) is 0 Å². The van der Waals surface area contributed by atoms with Crippen molar-refractivity contribution in [3.8, 4) is 5.75 Å². The van der Waals surface area contributed by atoms with E-state index in [1.807, 2.05) is 25.1 Å². The molecule has 0 atom stereocenters. The highest BCUT2D eigenvalue weighted by Gasteiger charge is 2.00. The number of halogens is 1. The summed E-state index contributed by atoms with van der Waals surface area (Å²) < 4.78 is 0.977. The molecule has 0 bridgehead atoms. The van der Waals surface area contributed by atoms with E-state index in [9.17, 15) is 5.11 Å². The fourth-order valence-electron chi connectivity index (χ4n) is 1.53. The molecule has 0 amide bonds. The molecule has 0 saturated carbocycles. The summed E-state index contributed by atoms with van der Waals surface area (Å²) in [5, 5.41) is 12.4.